The number of nitrogen functional groups attached to an aromatic ring is 1. The number of hydrogen-bond donors (Lipinski definition) is 5. The summed E-state index contributed by atoms with van der Waals surface area (Å²) in [5.74, 6) is -1.25. The molecule has 1 saturated heterocycles. The monoisotopic (exact) mass is 1020 g/mol. The van der Waals surface area contributed by atoms with Gasteiger partial charge in [-0.05, 0) is 69.9 Å². The average molecular weight is 1020 g/mol. The lowest BCUT2D eigenvalue weighted by Gasteiger charge is -2.21. The Morgan fingerprint density at radius 3 is 1.86 bits per heavy atom. The predicted octanol–water partition coefficient (Wildman–Crippen LogP) is 8.96. The Labute approximate surface area is 407 Å². The molecule has 21 heteroatoms. The van der Waals surface area contributed by atoms with Crippen LogP contribution >= 0.6 is 15.6 Å². The summed E-state index contributed by atoms with van der Waals surface area (Å²) in [6.45, 7) is 1.92. The van der Waals surface area contributed by atoms with Gasteiger partial charge in [0.1, 0.15) is 30.7 Å². The molecule has 1 aliphatic rings. The molecule has 0 spiro atoms. The fourth-order valence-electron chi connectivity index (χ4n) is 6.99. The van der Waals surface area contributed by atoms with Crippen molar-refractivity contribution in [3.8, 4) is 0 Å². The van der Waals surface area contributed by atoms with E-state index >= 15 is 0 Å². The number of nitrogens with zero attached hydrogens (tertiary/aromatic N) is 2. The van der Waals surface area contributed by atoms with E-state index in [2.05, 4.69) is 47.4 Å². The minimum absolute atomic E-state index is 0.0137. The summed E-state index contributed by atoms with van der Waals surface area (Å²) in [6.07, 6.45) is 28.9. The maximum Gasteiger partial charge on any atom is 0.481 e. The van der Waals surface area contributed by atoms with E-state index in [9.17, 15) is 48.3 Å². The van der Waals surface area contributed by atoms with Crippen molar-refractivity contribution in [2.45, 2.75) is 192 Å². The lowest BCUT2D eigenvalue weighted by molar-refractivity contribution is -0.161. The molecule has 6 N–H and O–H groups in total. The fraction of sp³-hybridized carbons (Fsp3) is 0.688. The second kappa shape index (κ2) is 36.3. The number of carbonyl (C=O) groups is 3. The number of unbranched alkanes of at least 4 members (excludes halogenated alkanes) is 16. The van der Waals surface area contributed by atoms with E-state index < -0.39 is 83.7 Å². The molecule has 0 aliphatic carbocycles. The van der Waals surface area contributed by atoms with E-state index in [1.807, 2.05) is 12.2 Å². The van der Waals surface area contributed by atoms with Crippen LogP contribution in [0.25, 0.3) is 0 Å². The summed E-state index contributed by atoms with van der Waals surface area (Å²) in [5.41, 5.74) is 4.57. The molecule has 69 heavy (non-hydrogen) atoms. The molecule has 0 amide bonds. The van der Waals surface area contributed by atoms with Crippen molar-refractivity contribution >= 4 is 39.2 Å². The molecule has 7 atom stereocenters. The lowest BCUT2D eigenvalue weighted by atomic mass is 10.1. The molecule has 1 aliphatic heterocycles. The molecular formula is C48H79N3O16P2. The molecule has 2 unspecified atom stereocenters. The third-order valence-corrected chi connectivity index (χ3v) is 13.5. The molecule has 2 rings (SSSR count). The molecule has 392 valence electrons. The zero-order valence-corrected chi connectivity index (χ0v) is 42.4. The maximum atomic E-state index is 12.8. The van der Waals surface area contributed by atoms with E-state index in [0.717, 1.165) is 101 Å². The van der Waals surface area contributed by atoms with E-state index in [4.69, 9.17) is 29.0 Å². The first kappa shape index (κ1) is 61.5. The van der Waals surface area contributed by atoms with Gasteiger partial charge in [0.2, 0.25) is 0 Å². The van der Waals surface area contributed by atoms with E-state index in [0.29, 0.717) is 19.3 Å². The van der Waals surface area contributed by atoms with Gasteiger partial charge in [0, 0.05) is 25.5 Å². The number of aliphatic hydroxyl groups is 2. The van der Waals surface area contributed by atoms with Gasteiger partial charge in [-0.1, -0.05) is 127 Å². The molecular weight excluding hydrogens is 936 g/mol. The van der Waals surface area contributed by atoms with Crippen LogP contribution in [-0.2, 0) is 51.1 Å². The number of anilines is 1. The van der Waals surface area contributed by atoms with Crippen LogP contribution in [0.1, 0.15) is 168 Å². The van der Waals surface area contributed by atoms with Gasteiger partial charge < -0.3 is 39.9 Å². The van der Waals surface area contributed by atoms with Crippen molar-refractivity contribution in [2.75, 3.05) is 25.6 Å². The highest BCUT2D eigenvalue weighted by Gasteiger charge is 2.46. The number of nitrogens with two attached hydrogens (primary N) is 1. The molecule has 1 aromatic heterocycles. The maximum absolute atomic E-state index is 12.8. The Morgan fingerprint density at radius 1 is 0.725 bits per heavy atom. The van der Waals surface area contributed by atoms with Crippen LogP contribution in [0.5, 0.6) is 0 Å². The van der Waals surface area contributed by atoms with Crippen LogP contribution in [0.3, 0.4) is 0 Å². The Bertz CT molecular complexity index is 1910. The van der Waals surface area contributed by atoms with Crippen molar-refractivity contribution in [1.82, 2.24) is 9.55 Å². The summed E-state index contributed by atoms with van der Waals surface area (Å²) in [4.78, 5) is 73.6. The molecule has 0 radical (unpaired) electrons. The van der Waals surface area contributed by atoms with Crippen LogP contribution in [0, 0.1) is 0 Å². The Hall–Kier alpha value is -3.61. The first-order chi connectivity index (χ1) is 33.1. The van der Waals surface area contributed by atoms with Gasteiger partial charge in [0.15, 0.2) is 18.1 Å². The number of phosphoric acid groups is 2. The number of ketones is 1. The normalized spacial score (nSPS) is 19.7. The molecule has 2 heterocycles. The summed E-state index contributed by atoms with van der Waals surface area (Å²) in [7, 11) is -10.9. The van der Waals surface area contributed by atoms with Gasteiger partial charge in [-0.15, -0.1) is 0 Å². The minimum atomic E-state index is -5.44. The van der Waals surface area contributed by atoms with Crippen molar-refractivity contribution < 1.29 is 71.1 Å². The van der Waals surface area contributed by atoms with Crippen molar-refractivity contribution in [1.29, 1.82) is 0 Å². The second-order valence-corrected chi connectivity index (χ2v) is 20.1. The standard InChI is InChI=1S/C48H79N3O16P2/c1-3-5-7-8-9-10-11-12-13-14-15-18-22-25-29-33-44(54)65-40(36-62-43(53)32-28-24-21-19-16-17-20-23-27-31-39(52)30-26-6-4-2)37-63-68(58,59)67-69(60,61)64-38-41-45(55)46(56)47(66-41)51-35-34-42(49)50-48(51)57/h10-13,20,23,27,31,34-35,40-41,45-47,55-56H,3-9,14-19,21-22,24-26,28-30,32-33,36-38H2,1-2H3,(H,58,59)(H,60,61)(H2,49,50,57)/b11-10-,13-12-,23-20-,31-27+/t40-,41-,45-,46-,47-/m1/s1. The zero-order chi connectivity index (χ0) is 50.8. The van der Waals surface area contributed by atoms with Crippen LogP contribution in [0.2, 0.25) is 0 Å². The first-order valence-electron chi connectivity index (χ1n) is 24.6. The van der Waals surface area contributed by atoms with E-state index in [-0.39, 0.29) is 24.4 Å². The number of rotatable bonds is 40. The predicted molar refractivity (Wildman–Crippen MR) is 261 cm³/mol. The molecule has 0 aromatic carbocycles. The average Bonchev–Trinajstić information content (AvgIpc) is 3.58. The second-order valence-electron chi connectivity index (χ2n) is 17.0. The van der Waals surface area contributed by atoms with E-state index in [1.165, 1.54) is 31.7 Å². The number of phosphoric ester groups is 2. The summed E-state index contributed by atoms with van der Waals surface area (Å²) in [6, 6.07) is 1.24. The van der Waals surface area contributed by atoms with Crippen molar-refractivity contribution in [3.63, 3.8) is 0 Å². The summed E-state index contributed by atoms with van der Waals surface area (Å²) in [5, 5.41) is 20.9. The highest BCUT2D eigenvalue weighted by atomic mass is 31.3. The number of allylic oxidation sites excluding steroid dienone is 8. The van der Waals surface area contributed by atoms with Crippen molar-refractivity contribution in [3.05, 3.63) is 71.4 Å². The SMILES string of the molecule is CCCCCC/C=C\C=C/CCCCCCCC(=O)O[C@H](COC(=O)CCCCCCC/C=C\C=C\C(=O)CCCCC)COP(=O)(O)OP(=O)(O)OC[C@H]1O[C@@H](n2ccc(N)nc2=O)[C@H](O)[C@@H]1O. The quantitative estimate of drug-likeness (QED) is 0.0135. The van der Waals surface area contributed by atoms with Gasteiger partial charge in [0.05, 0.1) is 13.2 Å². The number of hydrogen-bond acceptors (Lipinski definition) is 16. The number of esters is 2. The van der Waals surface area contributed by atoms with Crippen LogP contribution in [0.4, 0.5) is 5.82 Å². The number of carbonyl (C=O) groups excluding carboxylic acids is 3. The van der Waals surface area contributed by atoms with E-state index in [1.54, 1.807) is 12.2 Å². The van der Waals surface area contributed by atoms with Crippen LogP contribution < -0.4 is 11.4 Å². The van der Waals surface area contributed by atoms with Gasteiger partial charge >= 0.3 is 33.3 Å². The highest BCUT2D eigenvalue weighted by molar-refractivity contribution is 7.61. The highest BCUT2D eigenvalue weighted by Crippen LogP contribution is 2.60. The largest absolute Gasteiger partial charge is 0.481 e. The van der Waals surface area contributed by atoms with Gasteiger partial charge in [0.25, 0.3) is 0 Å². The molecule has 1 aromatic rings. The number of aromatic nitrogens is 2. The third-order valence-electron chi connectivity index (χ3n) is 10.9. The molecule has 1 fully saturated rings. The molecule has 0 saturated carbocycles. The van der Waals surface area contributed by atoms with Gasteiger partial charge in [-0.2, -0.15) is 9.29 Å². The molecule has 0 bridgehead atoms. The smallest absolute Gasteiger partial charge is 0.462 e. The third kappa shape index (κ3) is 29.4. The van der Waals surface area contributed by atoms with Gasteiger partial charge in [-0.25, -0.2) is 13.9 Å². The van der Waals surface area contributed by atoms with Crippen LogP contribution in [-0.4, -0.2) is 91.5 Å². The number of ether oxygens (including phenoxy) is 3. The first-order valence-corrected chi connectivity index (χ1v) is 27.6. The van der Waals surface area contributed by atoms with Gasteiger partial charge in [-0.3, -0.25) is 28.0 Å². The molecule has 19 nitrogen and oxygen atoms in total. The topological polar surface area (TPSA) is 283 Å². The fourth-order valence-corrected chi connectivity index (χ4v) is 9.10. The van der Waals surface area contributed by atoms with Crippen LogP contribution in [0.15, 0.2) is 65.7 Å². The Morgan fingerprint density at radius 2 is 1.25 bits per heavy atom. The summed E-state index contributed by atoms with van der Waals surface area (Å²) >= 11 is 0. The van der Waals surface area contributed by atoms with Crippen molar-refractivity contribution in [2.24, 2.45) is 0 Å². The number of aliphatic hydroxyl groups excluding tert-OH is 2. The zero-order valence-electron chi connectivity index (χ0n) is 40.6. The Balaban J connectivity index is 1.84. The lowest BCUT2D eigenvalue weighted by Crippen LogP contribution is -2.36. The minimum Gasteiger partial charge on any atom is -0.462 e. The summed E-state index contributed by atoms with van der Waals surface area (Å²) < 4.78 is 56.6. The Kier molecular flexibility index (Phi) is 32.4.